The lowest BCUT2D eigenvalue weighted by Gasteiger charge is -2.41. The van der Waals surface area contributed by atoms with E-state index in [-0.39, 0.29) is 25.0 Å². The van der Waals surface area contributed by atoms with Gasteiger partial charge in [0.05, 0.1) is 25.4 Å². The molecule has 0 heterocycles. The van der Waals surface area contributed by atoms with Crippen LogP contribution in [0.2, 0.25) is 0 Å². The van der Waals surface area contributed by atoms with Crippen LogP contribution in [0.4, 0.5) is 0 Å². The molecule has 30 heavy (non-hydrogen) atoms. The Morgan fingerprint density at radius 3 is 1.40 bits per heavy atom. The van der Waals surface area contributed by atoms with Crippen molar-refractivity contribution in [2.75, 3.05) is 13.2 Å². The van der Waals surface area contributed by atoms with Gasteiger partial charge >= 0.3 is 11.9 Å². The van der Waals surface area contributed by atoms with E-state index in [1.54, 1.807) is 27.7 Å². The zero-order valence-corrected chi connectivity index (χ0v) is 18.1. The van der Waals surface area contributed by atoms with Gasteiger partial charge in [-0.25, -0.2) is 9.59 Å². The van der Waals surface area contributed by atoms with Crippen LogP contribution in [0.1, 0.15) is 59.8 Å². The fourth-order valence-electron chi connectivity index (χ4n) is 3.25. The maximum atomic E-state index is 12.4. The van der Waals surface area contributed by atoms with Crippen LogP contribution in [0.25, 0.3) is 0 Å². The molecular formula is C20H34N2O8. The molecule has 172 valence electrons. The lowest BCUT2D eigenvalue weighted by molar-refractivity contribution is -0.153. The molecule has 1 aliphatic carbocycles. The molecule has 1 aliphatic rings. The Morgan fingerprint density at radius 1 is 0.800 bits per heavy atom. The fourth-order valence-corrected chi connectivity index (χ4v) is 3.25. The minimum Gasteiger partial charge on any atom is -0.461 e. The fraction of sp³-hybridized carbons (Fsp3) is 0.800. The standard InChI is InChI=1S/C20H34N2O8/c1-12(2)29-18(27)14(10-23)21-16(25)8-20(6-5-7-20)9-17(26)22-15(11-24)19(28)30-13(3)4/h12-15,23-24H,5-11H2,1-4H3,(H,21,25)(H,22,26)/t14-,15-/m1/s1. The smallest absolute Gasteiger partial charge is 0.331 e. The number of aliphatic hydroxyl groups is 2. The number of ether oxygens (including phenoxy) is 2. The quantitative estimate of drug-likeness (QED) is 0.311. The number of carbonyl (C=O) groups excluding carboxylic acids is 4. The highest BCUT2D eigenvalue weighted by molar-refractivity contribution is 5.87. The molecule has 0 radical (unpaired) electrons. The summed E-state index contributed by atoms with van der Waals surface area (Å²) < 4.78 is 10.00. The summed E-state index contributed by atoms with van der Waals surface area (Å²) in [5.74, 6) is -2.40. The Hall–Kier alpha value is -2.20. The van der Waals surface area contributed by atoms with Gasteiger partial charge in [-0.3, -0.25) is 9.59 Å². The predicted octanol–water partition coefficient (Wildman–Crippen LogP) is -0.206. The molecule has 1 fully saturated rings. The molecule has 4 N–H and O–H groups in total. The molecular weight excluding hydrogens is 396 g/mol. The summed E-state index contributed by atoms with van der Waals surface area (Å²) in [6, 6.07) is -2.34. The number of hydrogen-bond donors (Lipinski definition) is 4. The molecule has 1 saturated carbocycles. The van der Waals surface area contributed by atoms with E-state index in [1.165, 1.54) is 0 Å². The zero-order chi connectivity index (χ0) is 22.9. The summed E-state index contributed by atoms with van der Waals surface area (Å²) in [4.78, 5) is 48.7. The zero-order valence-electron chi connectivity index (χ0n) is 18.1. The monoisotopic (exact) mass is 430 g/mol. The highest BCUT2D eigenvalue weighted by Crippen LogP contribution is 2.46. The van der Waals surface area contributed by atoms with Crippen LogP contribution in [0.3, 0.4) is 0 Å². The molecule has 0 aliphatic heterocycles. The van der Waals surface area contributed by atoms with Crippen molar-refractivity contribution in [1.82, 2.24) is 10.6 Å². The summed E-state index contributed by atoms with van der Waals surface area (Å²) in [7, 11) is 0. The van der Waals surface area contributed by atoms with Gasteiger partial charge in [-0.15, -0.1) is 0 Å². The molecule has 0 aromatic carbocycles. The molecule has 0 bridgehead atoms. The average molecular weight is 430 g/mol. The van der Waals surface area contributed by atoms with E-state index >= 15 is 0 Å². The van der Waals surface area contributed by atoms with Crippen molar-refractivity contribution in [3.05, 3.63) is 0 Å². The van der Waals surface area contributed by atoms with Gasteiger partial charge in [-0.1, -0.05) is 6.42 Å². The molecule has 0 aromatic rings. The van der Waals surface area contributed by atoms with E-state index in [1.807, 2.05) is 0 Å². The van der Waals surface area contributed by atoms with Crippen LogP contribution in [-0.4, -0.2) is 71.5 Å². The number of esters is 2. The minimum absolute atomic E-state index is 0.00783. The Kier molecular flexibility index (Phi) is 10.2. The average Bonchev–Trinajstić information content (AvgIpc) is 2.60. The lowest BCUT2D eigenvalue weighted by atomic mass is 9.64. The van der Waals surface area contributed by atoms with E-state index < -0.39 is 54.5 Å². The molecule has 0 saturated heterocycles. The SMILES string of the molecule is CC(C)OC(=O)[C@@H](CO)NC(=O)CC1(CC(=O)N[C@H](CO)C(=O)OC(C)C)CCC1. The van der Waals surface area contributed by atoms with Crippen molar-refractivity contribution in [3.63, 3.8) is 0 Å². The predicted molar refractivity (Wildman–Crippen MR) is 106 cm³/mol. The Balaban J connectivity index is 2.64. The first-order valence-corrected chi connectivity index (χ1v) is 10.2. The normalized spacial score (nSPS) is 16.9. The summed E-state index contributed by atoms with van der Waals surface area (Å²) in [6.45, 7) is 5.45. The van der Waals surface area contributed by atoms with Gasteiger partial charge in [-0.2, -0.15) is 0 Å². The van der Waals surface area contributed by atoms with Crippen molar-refractivity contribution in [2.45, 2.75) is 84.1 Å². The van der Waals surface area contributed by atoms with E-state index in [2.05, 4.69) is 10.6 Å². The highest BCUT2D eigenvalue weighted by atomic mass is 16.5. The largest absolute Gasteiger partial charge is 0.461 e. The second-order valence-corrected chi connectivity index (χ2v) is 8.28. The van der Waals surface area contributed by atoms with Gasteiger partial charge < -0.3 is 30.3 Å². The van der Waals surface area contributed by atoms with Gasteiger partial charge in [0, 0.05) is 12.8 Å². The lowest BCUT2D eigenvalue weighted by Crippen LogP contribution is -2.49. The van der Waals surface area contributed by atoms with Crippen molar-refractivity contribution >= 4 is 23.8 Å². The van der Waals surface area contributed by atoms with Gasteiger partial charge in [-0.05, 0) is 46.0 Å². The second-order valence-electron chi connectivity index (χ2n) is 8.28. The molecule has 2 amide bonds. The molecule has 10 nitrogen and oxygen atoms in total. The first kappa shape index (κ1) is 25.8. The second kappa shape index (κ2) is 11.8. The van der Waals surface area contributed by atoms with Crippen molar-refractivity contribution in [1.29, 1.82) is 0 Å². The van der Waals surface area contributed by atoms with Crippen molar-refractivity contribution in [2.24, 2.45) is 5.41 Å². The summed E-state index contributed by atoms with van der Waals surface area (Å²) in [6.07, 6.45) is 1.33. The number of carbonyl (C=O) groups is 4. The number of amides is 2. The van der Waals surface area contributed by atoms with Crippen molar-refractivity contribution in [3.8, 4) is 0 Å². The van der Waals surface area contributed by atoms with Crippen LogP contribution >= 0.6 is 0 Å². The minimum atomic E-state index is -1.17. The Morgan fingerprint density at radius 2 is 1.17 bits per heavy atom. The highest BCUT2D eigenvalue weighted by Gasteiger charge is 2.42. The Labute approximate surface area is 176 Å². The van der Waals surface area contributed by atoms with Crippen LogP contribution < -0.4 is 10.6 Å². The summed E-state index contributed by atoms with van der Waals surface area (Å²) in [5, 5.41) is 23.6. The van der Waals surface area contributed by atoms with Crippen LogP contribution in [-0.2, 0) is 28.7 Å². The number of nitrogens with one attached hydrogen (secondary N) is 2. The molecule has 10 heteroatoms. The van der Waals surface area contributed by atoms with Gasteiger partial charge in [0.2, 0.25) is 11.8 Å². The maximum Gasteiger partial charge on any atom is 0.331 e. The number of aliphatic hydroxyl groups excluding tert-OH is 2. The first-order valence-electron chi connectivity index (χ1n) is 10.2. The van der Waals surface area contributed by atoms with Crippen LogP contribution in [0.5, 0.6) is 0 Å². The third-order valence-electron chi connectivity index (χ3n) is 4.79. The maximum absolute atomic E-state index is 12.4. The third-order valence-corrected chi connectivity index (χ3v) is 4.79. The molecule has 1 rings (SSSR count). The number of hydrogen-bond acceptors (Lipinski definition) is 8. The topological polar surface area (TPSA) is 151 Å². The molecule has 0 unspecified atom stereocenters. The first-order chi connectivity index (χ1) is 14.0. The summed E-state index contributed by atoms with van der Waals surface area (Å²) in [5.41, 5.74) is -0.599. The van der Waals surface area contributed by atoms with Gasteiger partial charge in [0.15, 0.2) is 12.1 Å². The molecule has 0 spiro atoms. The van der Waals surface area contributed by atoms with E-state index in [4.69, 9.17) is 9.47 Å². The van der Waals surface area contributed by atoms with Crippen LogP contribution in [0.15, 0.2) is 0 Å². The van der Waals surface area contributed by atoms with E-state index in [0.717, 1.165) is 6.42 Å². The van der Waals surface area contributed by atoms with Crippen molar-refractivity contribution < 1.29 is 38.9 Å². The molecule has 0 aromatic heterocycles. The van der Waals surface area contributed by atoms with Gasteiger partial charge in [0.1, 0.15) is 0 Å². The van der Waals surface area contributed by atoms with Gasteiger partial charge in [0.25, 0.3) is 0 Å². The summed E-state index contributed by atoms with van der Waals surface area (Å²) >= 11 is 0. The van der Waals surface area contributed by atoms with E-state index in [0.29, 0.717) is 12.8 Å². The van der Waals surface area contributed by atoms with E-state index in [9.17, 15) is 29.4 Å². The van der Waals surface area contributed by atoms with Crippen LogP contribution in [0, 0.1) is 5.41 Å². The molecule has 2 atom stereocenters. The number of rotatable bonds is 12. The Bertz CT molecular complexity index is 568. The third kappa shape index (κ3) is 8.27.